The van der Waals surface area contributed by atoms with Crippen LogP contribution >= 0.6 is 0 Å². The highest BCUT2D eigenvalue weighted by Crippen LogP contribution is 2.38. The summed E-state index contributed by atoms with van der Waals surface area (Å²) >= 11 is 0. The Labute approximate surface area is 140 Å². The van der Waals surface area contributed by atoms with Crippen LogP contribution in [0.25, 0.3) is 6.08 Å². The maximum atomic E-state index is 12.7. The predicted molar refractivity (Wildman–Crippen MR) is 87.4 cm³/mol. The van der Waals surface area contributed by atoms with Gasteiger partial charge in [0.25, 0.3) is 0 Å². The fraction of sp³-hybridized carbons (Fsp3) is 0.444. The molecule has 2 atom stereocenters. The molecule has 0 spiro atoms. The average molecular weight is 331 g/mol. The number of ether oxygens (including phenoxy) is 1. The number of allylic oxidation sites excluding steroid dienone is 1. The molecule has 0 saturated carbocycles. The van der Waals surface area contributed by atoms with Crippen molar-refractivity contribution >= 4 is 17.8 Å². The molecule has 4 rings (SSSR count). The lowest BCUT2D eigenvalue weighted by molar-refractivity contribution is -0.159. The third-order valence-electron chi connectivity index (χ3n) is 5.03. The fourth-order valence-corrected chi connectivity index (χ4v) is 3.78. The van der Waals surface area contributed by atoms with Crippen LogP contribution in [0.1, 0.15) is 18.4 Å². The number of piperidine rings is 3. The number of rotatable bonds is 4. The van der Waals surface area contributed by atoms with Gasteiger partial charge in [0.2, 0.25) is 0 Å². The van der Waals surface area contributed by atoms with E-state index in [4.69, 9.17) is 4.74 Å². The Kier molecular flexibility index (Phi) is 4.57. The maximum absolute atomic E-state index is 12.7. The Balaban J connectivity index is 1.80. The molecular weight excluding hydrogens is 310 g/mol. The van der Waals surface area contributed by atoms with Crippen molar-refractivity contribution in [3.63, 3.8) is 0 Å². The second-order valence-electron chi connectivity index (χ2n) is 6.35. The van der Waals surface area contributed by atoms with Gasteiger partial charge in [-0.15, -0.1) is 0 Å². The molecule has 0 aliphatic carbocycles. The SMILES string of the molecule is COC(=O)C1C(C(=O)/C=C/c2ccc(O)c(O)c2)C2CCN1CC2. The summed E-state index contributed by atoms with van der Waals surface area (Å²) in [6.07, 6.45) is 4.87. The highest BCUT2D eigenvalue weighted by Gasteiger charge is 2.48. The zero-order valence-electron chi connectivity index (χ0n) is 13.5. The lowest BCUT2D eigenvalue weighted by Gasteiger charge is -2.48. The summed E-state index contributed by atoms with van der Waals surface area (Å²) in [5, 5.41) is 18.8. The van der Waals surface area contributed by atoms with Crippen molar-refractivity contribution in [2.24, 2.45) is 11.8 Å². The van der Waals surface area contributed by atoms with Gasteiger partial charge in [-0.3, -0.25) is 14.5 Å². The number of hydrogen-bond donors (Lipinski definition) is 2. The zero-order valence-corrected chi connectivity index (χ0v) is 13.5. The van der Waals surface area contributed by atoms with Gasteiger partial charge in [-0.1, -0.05) is 12.1 Å². The normalized spacial score (nSPS) is 28.9. The van der Waals surface area contributed by atoms with Gasteiger partial charge in [0, 0.05) is 0 Å². The van der Waals surface area contributed by atoms with E-state index in [2.05, 4.69) is 0 Å². The fourth-order valence-electron chi connectivity index (χ4n) is 3.78. The van der Waals surface area contributed by atoms with Gasteiger partial charge in [-0.2, -0.15) is 0 Å². The lowest BCUT2D eigenvalue weighted by atomic mass is 9.71. The highest BCUT2D eigenvalue weighted by molar-refractivity contribution is 5.99. The van der Waals surface area contributed by atoms with Crippen LogP contribution in [0.15, 0.2) is 24.3 Å². The van der Waals surface area contributed by atoms with Crippen molar-refractivity contribution in [3.8, 4) is 11.5 Å². The number of hydrogen-bond acceptors (Lipinski definition) is 6. The molecule has 1 aromatic rings. The number of benzene rings is 1. The molecule has 0 radical (unpaired) electrons. The van der Waals surface area contributed by atoms with Crippen LogP contribution < -0.4 is 0 Å². The first-order chi connectivity index (χ1) is 11.5. The minimum atomic E-state index is -0.507. The summed E-state index contributed by atoms with van der Waals surface area (Å²) < 4.78 is 4.90. The quantitative estimate of drug-likeness (QED) is 0.495. The minimum absolute atomic E-state index is 0.104. The highest BCUT2D eigenvalue weighted by atomic mass is 16.5. The van der Waals surface area contributed by atoms with E-state index in [1.54, 1.807) is 12.1 Å². The standard InChI is InChI=1S/C18H21NO5/c1-24-18(23)17-16(12-6-8-19(17)9-7-12)14(21)5-3-11-2-4-13(20)15(22)10-11/h2-5,10,12,16-17,20,22H,6-9H2,1H3/b5-3+. The Morgan fingerprint density at radius 3 is 2.54 bits per heavy atom. The zero-order chi connectivity index (χ0) is 17.3. The minimum Gasteiger partial charge on any atom is -0.504 e. The van der Waals surface area contributed by atoms with Gasteiger partial charge in [-0.05, 0) is 55.6 Å². The van der Waals surface area contributed by atoms with Gasteiger partial charge in [0.1, 0.15) is 6.04 Å². The molecule has 2 bridgehead atoms. The molecule has 3 saturated heterocycles. The van der Waals surface area contributed by atoms with Crippen molar-refractivity contribution in [1.29, 1.82) is 0 Å². The van der Waals surface area contributed by atoms with Crippen LogP contribution in [0, 0.1) is 11.8 Å². The van der Waals surface area contributed by atoms with E-state index in [-0.39, 0.29) is 35.1 Å². The number of ketones is 1. The van der Waals surface area contributed by atoms with E-state index in [9.17, 15) is 19.8 Å². The van der Waals surface area contributed by atoms with Crippen LogP contribution in [-0.2, 0) is 14.3 Å². The number of fused-ring (bicyclic) bond motifs is 3. The topological polar surface area (TPSA) is 87.1 Å². The first-order valence-corrected chi connectivity index (χ1v) is 8.07. The number of phenolic OH excluding ortho intramolecular Hbond substituents is 2. The van der Waals surface area contributed by atoms with Crippen LogP contribution in [0.5, 0.6) is 11.5 Å². The Hall–Kier alpha value is -2.34. The van der Waals surface area contributed by atoms with E-state index in [0.717, 1.165) is 25.9 Å². The average Bonchev–Trinajstić information content (AvgIpc) is 2.62. The predicted octanol–water partition coefficient (Wildman–Crippen LogP) is 1.56. The number of phenols is 2. The molecule has 128 valence electrons. The van der Waals surface area contributed by atoms with Crippen LogP contribution in [0.2, 0.25) is 0 Å². The Morgan fingerprint density at radius 1 is 1.21 bits per heavy atom. The molecule has 6 nitrogen and oxygen atoms in total. The summed E-state index contributed by atoms with van der Waals surface area (Å²) in [7, 11) is 1.35. The summed E-state index contributed by atoms with van der Waals surface area (Å²) in [6.45, 7) is 1.65. The van der Waals surface area contributed by atoms with E-state index >= 15 is 0 Å². The second-order valence-corrected chi connectivity index (χ2v) is 6.35. The number of nitrogens with zero attached hydrogens (tertiary/aromatic N) is 1. The molecule has 2 unspecified atom stereocenters. The Morgan fingerprint density at radius 2 is 1.92 bits per heavy atom. The molecule has 24 heavy (non-hydrogen) atoms. The van der Waals surface area contributed by atoms with Crippen molar-refractivity contribution in [2.75, 3.05) is 20.2 Å². The van der Waals surface area contributed by atoms with Gasteiger partial charge >= 0.3 is 5.97 Å². The number of esters is 1. The third kappa shape index (κ3) is 3.01. The monoisotopic (exact) mass is 331 g/mol. The molecule has 3 aliphatic heterocycles. The molecule has 0 amide bonds. The summed E-state index contributed by atoms with van der Waals surface area (Å²) in [4.78, 5) is 26.9. The van der Waals surface area contributed by atoms with Crippen LogP contribution in [0.3, 0.4) is 0 Å². The van der Waals surface area contributed by atoms with Crippen LogP contribution in [-0.4, -0.2) is 53.1 Å². The molecule has 1 aromatic carbocycles. The number of carbonyl (C=O) groups excluding carboxylic acids is 2. The Bertz CT molecular complexity index is 676. The number of aromatic hydroxyl groups is 2. The molecular formula is C18H21NO5. The van der Waals surface area contributed by atoms with E-state index in [0.29, 0.717) is 5.56 Å². The van der Waals surface area contributed by atoms with Crippen molar-refractivity contribution in [3.05, 3.63) is 29.8 Å². The number of carbonyl (C=O) groups is 2. The largest absolute Gasteiger partial charge is 0.504 e. The molecule has 6 heteroatoms. The van der Waals surface area contributed by atoms with E-state index in [1.807, 2.05) is 4.90 Å². The third-order valence-corrected chi connectivity index (χ3v) is 5.03. The molecule has 3 fully saturated rings. The molecule has 3 heterocycles. The summed E-state index contributed by atoms with van der Waals surface area (Å²) in [5.41, 5.74) is 0.606. The summed E-state index contributed by atoms with van der Waals surface area (Å²) in [6, 6.07) is 3.85. The first kappa shape index (κ1) is 16.5. The number of methoxy groups -OCH3 is 1. The van der Waals surface area contributed by atoms with Gasteiger partial charge < -0.3 is 14.9 Å². The van der Waals surface area contributed by atoms with Gasteiger partial charge in [-0.25, -0.2) is 0 Å². The van der Waals surface area contributed by atoms with Crippen molar-refractivity contribution < 1.29 is 24.5 Å². The molecule has 2 N–H and O–H groups in total. The van der Waals surface area contributed by atoms with Gasteiger partial charge in [0.05, 0.1) is 13.0 Å². The van der Waals surface area contributed by atoms with Crippen molar-refractivity contribution in [1.82, 2.24) is 4.90 Å². The van der Waals surface area contributed by atoms with Crippen molar-refractivity contribution in [2.45, 2.75) is 18.9 Å². The molecule has 3 aliphatic rings. The smallest absolute Gasteiger partial charge is 0.323 e. The lowest BCUT2D eigenvalue weighted by Crippen LogP contribution is -2.60. The maximum Gasteiger partial charge on any atom is 0.323 e. The van der Waals surface area contributed by atoms with E-state index < -0.39 is 6.04 Å². The van der Waals surface area contributed by atoms with Crippen LogP contribution in [0.4, 0.5) is 0 Å². The molecule has 0 aromatic heterocycles. The first-order valence-electron chi connectivity index (χ1n) is 8.07. The summed E-state index contributed by atoms with van der Waals surface area (Å²) in [5.74, 6) is -1.09. The van der Waals surface area contributed by atoms with Gasteiger partial charge in [0.15, 0.2) is 17.3 Å². The van der Waals surface area contributed by atoms with E-state index in [1.165, 1.54) is 25.3 Å². The second kappa shape index (κ2) is 6.65.